The molecule has 0 spiro atoms. The predicted molar refractivity (Wildman–Crippen MR) is 72.1 cm³/mol. The molecular formula is C11H14ClFN2OS. The van der Waals surface area contributed by atoms with Gasteiger partial charge in [-0.2, -0.15) is 0 Å². The molecule has 6 heteroatoms. The van der Waals surface area contributed by atoms with Crippen molar-refractivity contribution in [2.75, 3.05) is 25.6 Å². The molecule has 1 aromatic rings. The van der Waals surface area contributed by atoms with E-state index in [0.717, 1.165) is 6.42 Å². The van der Waals surface area contributed by atoms with E-state index in [1.807, 2.05) is 0 Å². The Bertz CT molecular complexity index is 390. The highest BCUT2D eigenvalue weighted by Crippen LogP contribution is 2.18. The first-order valence-electron chi connectivity index (χ1n) is 5.12. The summed E-state index contributed by atoms with van der Waals surface area (Å²) in [7, 11) is 1.65. The number of nitrogens with one attached hydrogen (secondary N) is 2. The van der Waals surface area contributed by atoms with Crippen LogP contribution in [0.3, 0.4) is 0 Å². The van der Waals surface area contributed by atoms with E-state index in [-0.39, 0.29) is 5.02 Å². The lowest BCUT2D eigenvalue weighted by Gasteiger charge is -2.10. The summed E-state index contributed by atoms with van der Waals surface area (Å²) in [6.45, 7) is 1.38. The van der Waals surface area contributed by atoms with Crippen LogP contribution < -0.4 is 10.6 Å². The van der Waals surface area contributed by atoms with Crippen molar-refractivity contribution in [2.24, 2.45) is 0 Å². The SMILES string of the molecule is COCCCNC(=S)Nc1ccc(Cl)c(F)c1. The molecule has 17 heavy (non-hydrogen) atoms. The summed E-state index contributed by atoms with van der Waals surface area (Å²) >= 11 is 10.6. The number of hydrogen-bond donors (Lipinski definition) is 2. The first kappa shape index (κ1) is 14.2. The highest BCUT2D eigenvalue weighted by atomic mass is 35.5. The predicted octanol–water partition coefficient (Wildman–Crippen LogP) is 2.80. The van der Waals surface area contributed by atoms with Gasteiger partial charge in [-0.1, -0.05) is 11.6 Å². The number of anilines is 1. The number of rotatable bonds is 5. The molecule has 2 N–H and O–H groups in total. The van der Waals surface area contributed by atoms with Gasteiger partial charge in [0.05, 0.1) is 5.02 Å². The molecular weight excluding hydrogens is 263 g/mol. The standard InChI is InChI=1S/C11H14ClFN2OS/c1-16-6-2-5-14-11(17)15-8-3-4-9(12)10(13)7-8/h3-4,7H,2,5-6H2,1H3,(H2,14,15,17). The molecule has 0 fully saturated rings. The number of hydrogen-bond acceptors (Lipinski definition) is 2. The van der Waals surface area contributed by atoms with Crippen molar-refractivity contribution in [2.45, 2.75) is 6.42 Å². The summed E-state index contributed by atoms with van der Waals surface area (Å²) in [5, 5.41) is 6.39. The zero-order valence-corrected chi connectivity index (χ0v) is 11.0. The summed E-state index contributed by atoms with van der Waals surface area (Å²) < 4.78 is 18.0. The van der Waals surface area contributed by atoms with E-state index in [0.29, 0.717) is 24.0 Å². The lowest BCUT2D eigenvalue weighted by molar-refractivity contribution is 0.196. The smallest absolute Gasteiger partial charge is 0.170 e. The van der Waals surface area contributed by atoms with Gasteiger partial charge in [-0.05, 0) is 36.8 Å². The number of methoxy groups -OCH3 is 1. The van der Waals surface area contributed by atoms with E-state index in [4.69, 9.17) is 28.6 Å². The molecule has 94 valence electrons. The highest BCUT2D eigenvalue weighted by molar-refractivity contribution is 7.80. The molecule has 0 aliphatic rings. The molecule has 0 saturated carbocycles. The van der Waals surface area contributed by atoms with Gasteiger partial charge in [-0.15, -0.1) is 0 Å². The molecule has 0 bridgehead atoms. The molecule has 1 aromatic carbocycles. The molecule has 0 aliphatic heterocycles. The maximum atomic E-state index is 13.1. The summed E-state index contributed by atoms with van der Waals surface area (Å²) in [6, 6.07) is 4.44. The van der Waals surface area contributed by atoms with E-state index in [2.05, 4.69) is 10.6 Å². The summed E-state index contributed by atoms with van der Waals surface area (Å²) in [4.78, 5) is 0. The minimum atomic E-state index is -0.473. The van der Waals surface area contributed by atoms with Gasteiger partial charge in [0, 0.05) is 25.9 Å². The number of benzene rings is 1. The van der Waals surface area contributed by atoms with E-state index in [1.165, 1.54) is 12.1 Å². The van der Waals surface area contributed by atoms with Gasteiger partial charge in [0.25, 0.3) is 0 Å². The van der Waals surface area contributed by atoms with Crippen LogP contribution in [-0.2, 0) is 4.74 Å². The van der Waals surface area contributed by atoms with Crippen LogP contribution in [0, 0.1) is 5.82 Å². The fourth-order valence-electron chi connectivity index (χ4n) is 1.17. The Morgan fingerprint density at radius 3 is 2.94 bits per heavy atom. The average Bonchev–Trinajstić information content (AvgIpc) is 2.30. The van der Waals surface area contributed by atoms with Crippen LogP contribution in [-0.4, -0.2) is 25.4 Å². The van der Waals surface area contributed by atoms with Crippen LogP contribution in [0.25, 0.3) is 0 Å². The van der Waals surface area contributed by atoms with Gasteiger partial charge >= 0.3 is 0 Å². The van der Waals surface area contributed by atoms with E-state index < -0.39 is 5.82 Å². The number of ether oxygens (including phenoxy) is 1. The van der Waals surface area contributed by atoms with Crippen LogP contribution in [0.4, 0.5) is 10.1 Å². The molecule has 0 heterocycles. The van der Waals surface area contributed by atoms with Gasteiger partial charge in [0.2, 0.25) is 0 Å². The van der Waals surface area contributed by atoms with Crippen molar-refractivity contribution in [3.05, 3.63) is 29.0 Å². The van der Waals surface area contributed by atoms with E-state index in [1.54, 1.807) is 13.2 Å². The minimum absolute atomic E-state index is 0.0922. The second-order valence-electron chi connectivity index (χ2n) is 3.36. The fraction of sp³-hybridized carbons (Fsp3) is 0.364. The van der Waals surface area contributed by atoms with Gasteiger partial charge in [-0.25, -0.2) is 4.39 Å². The molecule has 0 aromatic heterocycles. The minimum Gasteiger partial charge on any atom is -0.385 e. The Morgan fingerprint density at radius 2 is 2.29 bits per heavy atom. The lowest BCUT2D eigenvalue weighted by Crippen LogP contribution is -2.29. The largest absolute Gasteiger partial charge is 0.385 e. The van der Waals surface area contributed by atoms with Gasteiger partial charge < -0.3 is 15.4 Å². The van der Waals surface area contributed by atoms with Crippen molar-refractivity contribution >= 4 is 34.6 Å². The van der Waals surface area contributed by atoms with Crippen molar-refractivity contribution in [3.63, 3.8) is 0 Å². The molecule has 1 rings (SSSR count). The van der Waals surface area contributed by atoms with Crippen molar-refractivity contribution in [3.8, 4) is 0 Å². The molecule has 0 aliphatic carbocycles. The van der Waals surface area contributed by atoms with E-state index >= 15 is 0 Å². The number of thiocarbonyl (C=S) groups is 1. The first-order valence-corrected chi connectivity index (χ1v) is 5.91. The first-order chi connectivity index (χ1) is 8.13. The Labute approximate surface area is 110 Å². The molecule has 0 radical (unpaired) electrons. The molecule has 3 nitrogen and oxygen atoms in total. The summed E-state index contributed by atoms with van der Waals surface area (Å²) in [6.07, 6.45) is 0.854. The van der Waals surface area contributed by atoms with Crippen LogP contribution >= 0.6 is 23.8 Å². The fourth-order valence-corrected chi connectivity index (χ4v) is 1.51. The van der Waals surface area contributed by atoms with Crippen molar-refractivity contribution < 1.29 is 9.13 Å². The highest BCUT2D eigenvalue weighted by Gasteiger charge is 2.02. The Kier molecular flexibility index (Phi) is 6.18. The maximum absolute atomic E-state index is 13.1. The van der Waals surface area contributed by atoms with Crippen LogP contribution in [0.1, 0.15) is 6.42 Å². The van der Waals surface area contributed by atoms with Gasteiger partial charge in [0.15, 0.2) is 5.11 Å². The van der Waals surface area contributed by atoms with Crippen molar-refractivity contribution in [1.29, 1.82) is 0 Å². The monoisotopic (exact) mass is 276 g/mol. The quantitative estimate of drug-likeness (QED) is 0.640. The third kappa shape index (κ3) is 5.30. The Morgan fingerprint density at radius 1 is 1.53 bits per heavy atom. The normalized spacial score (nSPS) is 10.1. The number of halogens is 2. The van der Waals surface area contributed by atoms with Gasteiger partial charge in [0.1, 0.15) is 5.82 Å². The second kappa shape index (κ2) is 7.42. The third-order valence-corrected chi connectivity index (χ3v) is 2.54. The van der Waals surface area contributed by atoms with Crippen LogP contribution in [0.5, 0.6) is 0 Å². The van der Waals surface area contributed by atoms with Crippen LogP contribution in [0.2, 0.25) is 5.02 Å². The summed E-state index contributed by atoms with van der Waals surface area (Å²) in [5.41, 5.74) is 0.566. The zero-order valence-electron chi connectivity index (χ0n) is 9.43. The van der Waals surface area contributed by atoms with Crippen molar-refractivity contribution in [1.82, 2.24) is 5.32 Å². The maximum Gasteiger partial charge on any atom is 0.170 e. The van der Waals surface area contributed by atoms with E-state index in [9.17, 15) is 4.39 Å². The third-order valence-electron chi connectivity index (χ3n) is 1.99. The molecule has 0 atom stereocenters. The Hall–Kier alpha value is -0.910. The lowest BCUT2D eigenvalue weighted by atomic mass is 10.3. The summed E-state index contributed by atoms with van der Waals surface area (Å²) in [5.74, 6) is -0.473. The second-order valence-corrected chi connectivity index (χ2v) is 4.17. The topological polar surface area (TPSA) is 33.3 Å². The van der Waals surface area contributed by atoms with Crippen LogP contribution in [0.15, 0.2) is 18.2 Å². The molecule has 0 amide bonds. The zero-order chi connectivity index (χ0) is 12.7. The molecule has 0 unspecified atom stereocenters. The van der Waals surface area contributed by atoms with Gasteiger partial charge in [-0.3, -0.25) is 0 Å². The Balaban J connectivity index is 2.37. The average molecular weight is 277 g/mol. The molecule has 0 saturated heterocycles.